The monoisotopic (exact) mass is 445 g/mol. The van der Waals surface area contributed by atoms with Crippen LogP contribution in [0.4, 0.5) is 10.5 Å². The van der Waals surface area contributed by atoms with Gasteiger partial charge >= 0.3 is 6.03 Å². The van der Waals surface area contributed by atoms with Gasteiger partial charge in [-0.25, -0.2) is 4.79 Å². The van der Waals surface area contributed by atoms with Gasteiger partial charge < -0.3 is 30.5 Å². The Morgan fingerprint density at radius 2 is 2.00 bits per heavy atom. The third kappa shape index (κ3) is 5.35. The topological polar surface area (TPSA) is 109 Å². The fraction of sp³-hybridized carbons (Fsp3) is 0.667. The Labute approximate surface area is 189 Å². The van der Waals surface area contributed by atoms with E-state index in [1.54, 1.807) is 0 Å². The lowest BCUT2D eigenvalue weighted by atomic mass is 9.84. The molecule has 2 aliphatic heterocycles. The van der Waals surface area contributed by atoms with Gasteiger partial charge in [0, 0.05) is 29.8 Å². The van der Waals surface area contributed by atoms with Gasteiger partial charge in [-0.3, -0.25) is 4.79 Å². The molecule has 1 aromatic carbocycles. The predicted octanol–water partition coefficient (Wildman–Crippen LogP) is 3.05. The van der Waals surface area contributed by atoms with Gasteiger partial charge in [0.05, 0.1) is 19.1 Å². The number of aliphatic hydroxyl groups is 1. The summed E-state index contributed by atoms with van der Waals surface area (Å²) in [4.78, 5) is 24.7. The maximum absolute atomic E-state index is 12.5. The van der Waals surface area contributed by atoms with Crippen LogP contribution in [0.5, 0.6) is 5.75 Å². The van der Waals surface area contributed by atoms with Crippen molar-refractivity contribution in [2.75, 3.05) is 18.5 Å². The normalized spacial score (nSPS) is 27.1. The lowest BCUT2D eigenvalue weighted by Gasteiger charge is -2.37. The number of urea groups is 1. The van der Waals surface area contributed by atoms with Crippen LogP contribution in [-0.4, -0.2) is 54.6 Å². The highest BCUT2D eigenvalue weighted by Crippen LogP contribution is 2.47. The van der Waals surface area contributed by atoms with Crippen molar-refractivity contribution < 1.29 is 24.2 Å². The van der Waals surface area contributed by atoms with Crippen molar-refractivity contribution in [2.24, 2.45) is 0 Å². The largest absolute Gasteiger partial charge is 0.487 e. The van der Waals surface area contributed by atoms with Gasteiger partial charge in [0.25, 0.3) is 0 Å². The Hall–Kier alpha value is -2.32. The number of hydrogen-bond donors (Lipinski definition) is 4. The predicted molar refractivity (Wildman–Crippen MR) is 121 cm³/mol. The molecule has 32 heavy (non-hydrogen) atoms. The van der Waals surface area contributed by atoms with E-state index in [2.05, 4.69) is 16.0 Å². The summed E-state index contributed by atoms with van der Waals surface area (Å²) in [5.41, 5.74) is 1.71. The Morgan fingerprint density at radius 1 is 1.19 bits per heavy atom. The number of benzene rings is 1. The number of carbonyl (C=O) groups excluding carboxylic acids is 2. The van der Waals surface area contributed by atoms with Crippen LogP contribution in [-0.2, 0) is 9.53 Å². The van der Waals surface area contributed by atoms with E-state index >= 15 is 0 Å². The lowest BCUT2D eigenvalue weighted by Crippen LogP contribution is -2.47. The van der Waals surface area contributed by atoms with E-state index in [4.69, 9.17) is 9.47 Å². The zero-order valence-electron chi connectivity index (χ0n) is 18.8. The van der Waals surface area contributed by atoms with Crippen LogP contribution in [0.15, 0.2) is 18.2 Å². The third-order valence-electron chi connectivity index (χ3n) is 6.68. The molecule has 1 saturated carbocycles. The van der Waals surface area contributed by atoms with Crippen LogP contribution in [0.2, 0.25) is 0 Å². The average Bonchev–Trinajstić information content (AvgIpc) is 3.15. The molecule has 0 aromatic heterocycles. The molecule has 8 nitrogen and oxygen atoms in total. The maximum Gasteiger partial charge on any atom is 0.319 e. The number of fused-ring (bicyclic) bond motifs is 3. The van der Waals surface area contributed by atoms with Crippen molar-refractivity contribution >= 4 is 17.6 Å². The van der Waals surface area contributed by atoms with Gasteiger partial charge in [-0.1, -0.05) is 26.2 Å². The maximum atomic E-state index is 12.5. The van der Waals surface area contributed by atoms with Crippen LogP contribution in [0.3, 0.4) is 0 Å². The first-order valence-electron chi connectivity index (χ1n) is 12.0. The fourth-order valence-corrected chi connectivity index (χ4v) is 5.11. The van der Waals surface area contributed by atoms with Gasteiger partial charge in [-0.05, 0) is 43.9 Å². The molecule has 0 bridgehead atoms. The summed E-state index contributed by atoms with van der Waals surface area (Å²) in [5, 5.41) is 18.8. The molecule has 176 valence electrons. The minimum atomic E-state index is -0.490. The van der Waals surface area contributed by atoms with Crippen LogP contribution in [0, 0.1) is 0 Å². The number of rotatable bonds is 7. The molecular weight excluding hydrogens is 410 g/mol. The molecule has 8 heteroatoms. The minimum absolute atomic E-state index is 0.00281. The summed E-state index contributed by atoms with van der Waals surface area (Å²) in [6.07, 6.45) is 6.34. The van der Waals surface area contributed by atoms with Gasteiger partial charge in [-0.2, -0.15) is 0 Å². The second-order valence-electron chi connectivity index (χ2n) is 9.14. The summed E-state index contributed by atoms with van der Waals surface area (Å²) >= 11 is 0. The van der Waals surface area contributed by atoms with Crippen LogP contribution >= 0.6 is 0 Å². The molecule has 1 aliphatic carbocycles. The molecule has 4 atom stereocenters. The fourth-order valence-electron chi connectivity index (χ4n) is 5.11. The van der Waals surface area contributed by atoms with E-state index in [1.807, 2.05) is 25.1 Å². The zero-order chi connectivity index (χ0) is 22.5. The number of carbonyl (C=O) groups is 2. The molecule has 4 N–H and O–H groups in total. The molecule has 1 saturated heterocycles. The number of nitrogens with one attached hydrogen (secondary N) is 3. The number of anilines is 1. The van der Waals surface area contributed by atoms with Crippen molar-refractivity contribution in [3.05, 3.63) is 23.8 Å². The van der Waals surface area contributed by atoms with E-state index < -0.39 is 6.10 Å². The van der Waals surface area contributed by atoms with Crippen molar-refractivity contribution in [3.63, 3.8) is 0 Å². The molecule has 1 aromatic rings. The Bertz CT molecular complexity index is 811. The first-order chi connectivity index (χ1) is 15.6. The first-order valence-corrected chi connectivity index (χ1v) is 12.0. The first kappa shape index (κ1) is 22.9. The highest BCUT2D eigenvalue weighted by atomic mass is 16.6. The summed E-state index contributed by atoms with van der Waals surface area (Å²) in [6, 6.07) is 5.71. The summed E-state index contributed by atoms with van der Waals surface area (Å²) in [5.74, 6) is 0.709. The van der Waals surface area contributed by atoms with Crippen LogP contribution < -0.4 is 20.7 Å². The van der Waals surface area contributed by atoms with Crippen molar-refractivity contribution in [2.45, 2.75) is 88.6 Å². The van der Waals surface area contributed by atoms with E-state index in [0.29, 0.717) is 18.7 Å². The quantitative estimate of drug-likeness (QED) is 0.516. The average molecular weight is 446 g/mol. The highest BCUT2D eigenvalue weighted by Gasteiger charge is 2.46. The van der Waals surface area contributed by atoms with Crippen molar-refractivity contribution in [3.8, 4) is 5.75 Å². The van der Waals surface area contributed by atoms with Crippen LogP contribution in [0.1, 0.15) is 69.8 Å². The number of hydrogen-bond acceptors (Lipinski definition) is 5. The summed E-state index contributed by atoms with van der Waals surface area (Å²) in [7, 11) is 0. The van der Waals surface area contributed by atoms with Crippen molar-refractivity contribution in [1.82, 2.24) is 10.6 Å². The molecule has 3 aliphatic rings. The molecule has 0 spiro atoms. The van der Waals surface area contributed by atoms with Gasteiger partial charge in [0.15, 0.2) is 0 Å². The number of aliphatic hydroxyl groups excluding tert-OH is 1. The third-order valence-corrected chi connectivity index (χ3v) is 6.68. The second-order valence-corrected chi connectivity index (χ2v) is 9.14. The summed E-state index contributed by atoms with van der Waals surface area (Å²) < 4.78 is 12.1. The molecular formula is C24H35N3O5. The van der Waals surface area contributed by atoms with Gasteiger partial charge in [-0.15, -0.1) is 0 Å². The molecule has 2 heterocycles. The van der Waals surface area contributed by atoms with E-state index in [-0.39, 0.29) is 49.1 Å². The molecule has 4 rings (SSSR count). The Balaban J connectivity index is 1.42. The van der Waals surface area contributed by atoms with Crippen molar-refractivity contribution in [1.29, 1.82) is 0 Å². The number of ether oxygens (including phenoxy) is 2. The minimum Gasteiger partial charge on any atom is -0.487 e. The smallest absolute Gasteiger partial charge is 0.319 e. The standard InChI is InChI=1S/C24H35N3O5/c1-2-10-25-22(29)13-17-12-19-18-11-16(27-24(30)26-15-6-4-3-5-7-15)8-9-20(18)32-23(19)21(14-28)31-17/h8-9,11,15,17,19,21,23,28H,2-7,10,12-14H2,1H3,(H,25,29)(H2,26,27,30)/t17-,19-,21+,23+/m0/s1. The van der Waals surface area contributed by atoms with E-state index in [0.717, 1.165) is 43.4 Å². The number of amides is 3. The Kier molecular flexibility index (Phi) is 7.52. The molecule has 2 fully saturated rings. The van der Waals surface area contributed by atoms with E-state index in [1.165, 1.54) is 6.42 Å². The SMILES string of the molecule is CCCNC(=O)C[C@@H]1C[C@H]2c3cc(NC(=O)NC4CCCCC4)ccc3O[C@H]2[C@@H](CO)O1. The van der Waals surface area contributed by atoms with Gasteiger partial charge in [0.1, 0.15) is 18.0 Å². The molecule has 0 radical (unpaired) electrons. The zero-order valence-corrected chi connectivity index (χ0v) is 18.8. The van der Waals surface area contributed by atoms with Crippen LogP contribution in [0.25, 0.3) is 0 Å². The lowest BCUT2D eigenvalue weighted by molar-refractivity contribution is -0.142. The molecule has 3 amide bonds. The molecule has 0 unspecified atom stereocenters. The second kappa shape index (κ2) is 10.5. The van der Waals surface area contributed by atoms with Gasteiger partial charge in [0.2, 0.25) is 5.91 Å². The Morgan fingerprint density at radius 3 is 2.75 bits per heavy atom. The summed E-state index contributed by atoms with van der Waals surface area (Å²) in [6.45, 7) is 2.49. The highest BCUT2D eigenvalue weighted by molar-refractivity contribution is 5.89. The van der Waals surface area contributed by atoms with E-state index in [9.17, 15) is 14.7 Å².